The number of ether oxygens (including phenoxy) is 4. The van der Waals surface area contributed by atoms with Crippen molar-refractivity contribution in [2.75, 3.05) is 11.9 Å². The zero-order chi connectivity index (χ0) is 35.0. The van der Waals surface area contributed by atoms with Crippen molar-refractivity contribution in [2.45, 2.75) is 24.5 Å². The Bertz CT molecular complexity index is 2050. The molecule has 4 atom stereocenters. The van der Waals surface area contributed by atoms with Crippen molar-refractivity contribution in [2.24, 2.45) is 0 Å². The number of anilines is 1. The van der Waals surface area contributed by atoms with Crippen molar-refractivity contribution in [1.29, 1.82) is 0 Å². The highest BCUT2D eigenvalue weighted by molar-refractivity contribution is 14.1. The molecule has 1 aromatic heterocycles. The number of nitrogens with zero attached hydrogens (tertiary/aromatic N) is 2. The highest BCUT2D eigenvalue weighted by Crippen LogP contribution is 2.35. The molecular formula is C37H28IN3O9. The van der Waals surface area contributed by atoms with Crippen LogP contribution in [-0.4, -0.2) is 58.3 Å². The first-order valence-electron chi connectivity index (χ1n) is 15.3. The normalized spacial score (nSPS) is 18.1. The highest BCUT2D eigenvalue weighted by Gasteiger charge is 2.52. The van der Waals surface area contributed by atoms with E-state index in [4.69, 9.17) is 18.9 Å². The standard InChI is InChI=1S/C37H28IN3O9/c38-27-21-41(37(46)40-31(27)39-32(42)23-13-5-1-6-14-23)33-30(50-36(45)26-19-11-4-12-20-26)29(49-35(44)25-17-9-3-10-18-25)28(48-33)22-47-34(43)24-15-7-2-8-16-24/h1-21,28-30,33H,22H2,(H,39,40,42,46)/t28-,29?,30-,33-/m1/s1. The summed E-state index contributed by atoms with van der Waals surface area (Å²) in [5.74, 6) is -2.70. The quantitative estimate of drug-likeness (QED) is 0.112. The Labute approximate surface area is 299 Å². The van der Waals surface area contributed by atoms with Crippen molar-refractivity contribution in [1.82, 2.24) is 9.55 Å². The van der Waals surface area contributed by atoms with Crippen molar-refractivity contribution in [3.8, 4) is 0 Å². The first-order valence-corrected chi connectivity index (χ1v) is 16.4. The van der Waals surface area contributed by atoms with E-state index in [0.717, 1.165) is 4.57 Å². The summed E-state index contributed by atoms with van der Waals surface area (Å²) in [5.41, 5.74) is 0.162. The van der Waals surface area contributed by atoms with Gasteiger partial charge in [0, 0.05) is 11.8 Å². The summed E-state index contributed by atoms with van der Waals surface area (Å²) in [7, 11) is 0. The Hall–Kier alpha value is -5.67. The predicted molar refractivity (Wildman–Crippen MR) is 188 cm³/mol. The molecule has 4 aromatic carbocycles. The van der Waals surface area contributed by atoms with Crippen molar-refractivity contribution in [3.05, 3.63) is 164 Å². The van der Waals surface area contributed by atoms with Gasteiger partial charge in [0.25, 0.3) is 5.91 Å². The third-order valence-electron chi connectivity index (χ3n) is 7.63. The molecule has 1 amide bonds. The Morgan fingerprint density at radius 1 is 0.680 bits per heavy atom. The minimum absolute atomic E-state index is 0.00285. The Morgan fingerprint density at radius 3 is 1.66 bits per heavy atom. The largest absolute Gasteiger partial charge is 0.459 e. The molecule has 5 aromatic rings. The molecule has 1 aliphatic heterocycles. The maximum absolute atomic E-state index is 13.6. The number of hydrogen-bond acceptors (Lipinski definition) is 10. The van der Waals surface area contributed by atoms with Crippen LogP contribution in [0.5, 0.6) is 0 Å². The molecule has 0 radical (unpaired) electrons. The second kappa shape index (κ2) is 15.7. The zero-order valence-corrected chi connectivity index (χ0v) is 28.2. The lowest BCUT2D eigenvalue weighted by Gasteiger charge is -2.25. The molecule has 0 aliphatic carbocycles. The topological polar surface area (TPSA) is 152 Å². The van der Waals surface area contributed by atoms with Crippen LogP contribution in [0.3, 0.4) is 0 Å². The summed E-state index contributed by atoms with van der Waals surface area (Å²) in [6.07, 6.45) is -4.00. The van der Waals surface area contributed by atoms with E-state index in [9.17, 15) is 24.0 Å². The van der Waals surface area contributed by atoms with E-state index in [2.05, 4.69) is 10.3 Å². The number of carbonyl (C=O) groups is 4. The van der Waals surface area contributed by atoms with Crippen molar-refractivity contribution >= 4 is 52.2 Å². The number of benzene rings is 4. The molecule has 252 valence electrons. The number of rotatable bonds is 10. The van der Waals surface area contributed by atoms with Crippen LogP contribution in [-0.2, 0) is 18.9 Å². The second-order valence-electron chi connectivity index (χ2n) is 10.9. The molecule has 1 unspecified atom stereocenters. The fourth-order valence-corrected chi connectivity index (χ4v) is 5.72. The first kappa shape index (κ1) is 34.2. The summed E-state index contributed by atoms with van der Waals surface area (Å²) in [6.45, 7) is -0.430. The lowest BCUT2D eigenvalue weighted by Crippen LogP contribution is -2.42. The molecule has 6 rings (SSSR count). The molecule has 1 saturated heterocycles. The maximum Gasteiger partial charge on any atom is 0.351 e. The predicted octanol–water partition coefficient (Wildman–Crippen LogP) is 5.31. The van der Waals surface area contributed by atoms with Crippen LogP contribution in [0.1, 0.15) is 47.7 Å². The molecule has 0 spiro atoms. The first-order chi connectivity index (χ1) is 24.3. The number of amides is 1. The molecule has 12 nitrogen and oxygen atoms in total. The Kier molecular flexibility index (Phi) is 10.7. The average Bonchev–Trinajstić information content (AvgIpc) is 3.48. The fraction of sp³-hybridized carbons (Fsp3) is 0.135. The maximum atomic E-state index is 13.6. The number of halogens is 1. The van der Waals surface area contributed by atoms with Crippen LogP contribution in [0, 0.1) is 3.57 Å². The fourth-order valence-electron chi connectivity index (χ4n) is 5.17. The van der Waals surface area contributed by atoms with Gasteiger partial charge in [-0.05, 0) is 71.1 Å². The summed E-state index contributed by atoms with van der Waals surface area (Å²) in [4.78, 5) is 70.2. The van der Waals surface area contributed by atoms with Gasteiger partial charge in [-0.3, -0.25) is 9.36 Å². The Morgan fingerprint density at radius 2 is 1.14 bits per heavy atom. The molecule has 0 saturated carbocycles. The molecule has 1 aliphatic rings. The molecule has 50 heavy (non-hydrogen) atoms. The number of carbonyl (C=O) groups excluding carboxylic acids is 4. The monoisotopic (exact) mass is 785 g/mol. The third-order valence-corrected chi connectivity index (χ3v) is 8.42. The van der Waals surface area contributed by atoms with Crippen LogP contribution >= 0.6 is 22.6 Å². The number of aromatic nitrogens is 2. The summed E-state index contributed by atoms with van der Waals surface area (Å²) < 4.78 is 25.1. The van der Waals surface area contributed by atoms with E-state index in [1.807, 2.05) is 22.6 Å². The molecule has 0 bridgehead atoms. The molecule has 13 heteroatoms. The summed E-state index contributed by atoms with van der Waals surface area (Å²) in [6, 6.07) is 32.9. The second-order valence-corrected chi connectivity index (χ2v) is 12.1. The lowest BCUT2D eigenvalue weighted by atomic mass is 10.1. The van der Waals surface area contributed by atoms with E-state index in [0.29, 0.717) is 9.13 Å². The van der Waals surface area contributed by atoms with E-state index < -0.39 is 60.7 Å². The number of hydrogen-bond donors (Lipinski definition) is 1. The van der Waals surface area contributed by atoms with Gasteiger partial charge in [0.1, 0.15) is 12.7 Å². The van der Waals surface area contributed by atoms with Crippen molar-refractivity contribution in [3.63, 3.8) is 0 Å². The van der Waals surface area contributed by atoms with E-state index in [1.165, 1.54) is 18.3 Å². The number of esters is 3. The van der Waals surface area contributed by atoms with Crippen LogP contribution in [0.15, 0.2) is 132 Å². The van der Waals surface area contributed by atoms with Gasteiger partial charge in [-0.1, -0.05) is 72.8 Å². The van der Waals surface area contributed by atoms with Gasteiger partial charge in [0.2, 0.25) is 0 Å². The lowest BCUT2D eigenvalue weighted by molar-refractivity contribution is -0.0640. The zero-order valence-electron chi connectivity index (χ0n) is 26.1. The van der Waals surface area contributed by atoms with Crippen LogP contribution < -0.4 is 11.0 Å². The average molecular weight is 786 g/mol. The van der Waals surface area contributed by atoms with Crippen LogP contribution in [0.2, 0.25) is 0 Å². The SMILES string of the molecule is O=C(Nc1nc(=O)n([C@@H]2O[C@H](COC(=O)c3ccccc3)C(OC(=O)c3ccccc3)[C@H]2OC(=O)c2ccccc2)cc1I)c1ccccc1. The molecule has 1 N–H and O–H groups in total. The van der Waals surface area contributed by atoms with Gasteiger partial charge < -0.3 is 24.3 Å². The van der Waals surface area contributed by atoms with Crippen LogP contribution in [0.4, 0.5) is 5.82 Å². The van der Waals surface area contributed by atoms with E-state index in [-0.39, 0.29) is 22.5 Å². The van der Waals surface area contributed by atoms with E-state index in [1.54, 1.807) is 109 Å². The van der Waals surface area contributed by atoms with Gasteiger partial charge in [0.15, 0.2) is 24.3 Å². The van der Waals surface area contributed by atoms with Crippen molar-refractivity contribution < 1.29 is 38.1 Å². The van der Waals surface area contributed by atoms with Gasteiger partial charge >= 0.3 is 23.6 Å². The Balaban J connectivity index is 1.35. The van der Waals surface area contributed by atoms with E-state index >= 15 is 0 Å². The van der Waals surface area contributed by atoms with Gasteiger partial charge in [-0.25, -0.2) is 19.2 Å². The van der Waals surface area contributed by atoms with Gasteiger partial charge in [0.05, 0.1) is 20.3 Å². The molecule has 2 heterocycles. The molecule has 1 fully saturated rings. The van der Waals surface area contributed by atoms with Crippen LogP contribution in [0.25, 0.3) is 0 Å². The summed E-state index contributed by atoms with van der Waals surface area (Å²) in [5, 5.41) is 2.64. The smallest absolute Gasteiger partial charge is 0.351 e. The number of nitrogens with one attached hydrogen (secondary N) is 1. The molecular weight excluding hydrogens is 757 g/mol. The van der Waals surface area contributed by atoms with Gasteiger partial charge in [-0.15, -0.1) is 0 Å². The third kappa shape index (κ3) is 7.96. The van der Waals surface area contributed by atoms with Gasteiger partial charge in [-0.2, -0.15) is 4.98 Å². The summed E-state index contributed by atoms with van der Waals surface area (Å²) >= 11 is 1.90. The minimum atomic E-state index is -1.42. The highest BCUT2D eigenvalue weighted by atomic mass is 127. The minimum Gasteiger partial charge on any atom is -0.459 e.